The summed E-state index contributed by atoms with van der Waals surface area (Å²) >= 11 is 0. The number of benzene rings is 1. The third-order valence-corrected chi connectivity index (χ3v) is 5.16. The molecule has 1 aliphatic heterocycles. The largest absolute Gasteiger partial charge is 0.480 e. The average molecular weight is 302 g/mol. The van der Waals surface area contributed by atoms with E-state index >= 15 is 0 Å². The molecule has 3 rings (SSSR count). The maximum Gasteiger partial charge on any atom is 0.317 e. The van der Waals surface area contributed by atoms with Crippen LogP contribution in [0.5, 0.6) is 0 Å². The summed E-state index contributed by atoms with van der Waals surface area (Å²) in [7, 11) is 0. The maximum absolute atomic E-state index is 11.0. The Bertz CT molecular complexity index is 532. The molecule has 0 bridgehead atoms. The zero-order valence-corrected chi connectivity index (χ0v) is 13.4. The summed E-state index contributed by atoms with van der Waals surface area (Å²) in [5.41, 5.74) is 3.00. The molecule has 2 aliphatic rings. The summed E-state index contributed by atoms with van der Waals surface area (Å²) in [5.74, 6) is -0.722. The van der Waals surface area contributed by atoms with E-state index in [2.05, 4.69) is 41.0 Å². The molecule has 22 heavy (non-hydrogen) atoms. The number of aliphatic carboxylic acids is 1. The van der Waals surface area contributed by atoms with Gasteiger partial charge in [0.05, 0.1) is 6.54 Å². The predicted octanol–water partition coefficient (Wildman–Crippen LogP) is 2.54. The molecule has 1 aromatic rings. The molecule has 0 aromatic heterocycles. The van der Waals surface area contributed by atoms with Crippen LogP contribution in [0, 0.1) is 0 Å². The van der Waals surface area contributed by atoms with E-state index < -0.39 is 5.97 Å². The van der Waals surface area contributed by atoms with Crippen LogP contribution in [0.15, 0.2) is 24.3 Å². The quantitative estimate of drug-likeness (QED) is 0.872. The summed E-state index contributed by atoms with van der Waals surface area (Å²) in [6, 6.07) is 9.68. The van der Waals surface area contributed by atoms with Crippen molar-refractivity contribution in [2.75, 3.05) is 26.2 Å². The van der Waals surface area contributed by atoms with Gasteiger partial charge in [0.25, 0.3) is 0 Å². The highest BCUT2D eigenvalue weighted by Gasteiger charge is 2.31. The number of carboxylic acid groups (broad SMARTS) is 1. The van der Waals surface area contributed by atoms with Crippen molar-refractivity contribution >= 4 is 5.97 Å². The minimum absolute atomic E-state index is 0.163. The number of fused-ring (bicyclic) bond motifs is 1. The molecular weight excluding hydrogens is 276 g/mol. The number of carboxylic acids is 1. The first-order chi connectivity index (χ1) is 10.6. The molecular formula is C18H26N2O2. The summed E-state index contributed by atoms with van der Waals surface area (Å²) < 4.78 is 0. The van der Waals surface area contributed by atoms with Crippen molar-refractivity contribution in [1.82, 2.24) is 9.80 Å². The summed E-state index contributed by atoms with van der Waals surface area (Å²) in [4.78, 5) is 15.6. The van der Waals surface area contributed by atoms with E-state index in [9.17, 15) is 4.79 Å². The molecule has 0 amide bonds. The molecule has 4 nitrogen and oxygen atoms in total. The third kappa shape index (κ3) is 3.33. The number of aryl methyl sites for hydroxylation is 1. The minimum atomic E-state index is -0.722. The minimum Gasteiger partial charge on any atom is -0.480 e. The molecule has 4 heteroatoms. The van der Waals surface area contributed by atoms with E-state index in [1.807, 2.05) is 0 Å². The summed E-state index contributed by atoms with van der Waals surface area (Å²) in [6.45, 7) is 5.10. The normalized spacial score (nSPS) is 27.1. The molecule has 0 spiro atoms. The molecule has 1 fully saturated rings. The van der Waals surface area contributed by atoms with Crippen molar-refractivity contribution in [3.63, 3.8) is 0 Å². The standard InChI is InChI=1S/C18H26N2O2/c1-14-12-20(11-10-19(14)13-18(21)22)17-9-5-3-7-15-6-2-4-8-16(15)17/h2,4,6,8,14,17H,3,5,7,9-13H2,1H3,(H,21,22)/t14?,17-/m1/s1. The summed E-state index contributed by atoms with van der Waals surface area (Å²) in [5, 5.41) is 9.01. The zero-order valence-electron chi connectivity index (χ0n) is 13.4. The lowest BCUT2D eigenvalue weighted by Gasteiger charge is -2.43. The lowest BCUT2D eigenvalue weighted by molar-refractivity contribution is -0.139. The first-order valence-electron chi connectivity index (χ1n) is 8.43. The van der Waals surface area contributed by atoms with Gasteiger partial charge in [-0.3, -0.25) is 14.6 Å². The Morgan fingerprint density at radius 2 is 2.09 bits per heavy atom. The number of rotatable bonds is 3. The maximum atomic E-state index is 11.0. The van der Waals surface area contributed by atoms with Gasteiger partial charge < -0.3 is 5.11 Å². The lowest BCUT2D eigenvalue weighted by atomic mass is 9.96. The number of hydrogen-bond acceptors (Lipinski definition) is 3. The Morgan fingerprint density at radius 1 is 1.27 bits per heavy atom. The Labute approximate surface area is 132 Å². The molecule has 1 aliphatic carbocycles. The monoisotopic (exact) mass is 302 g/mol. The lowest BCUT2D eigenvalue weighted by Crippen LogP contribution is -2.53. The van der Waals surface area contributed by atoms with Crippen LogP contribution in [0.1, 0.15) is 43.4 Å². The molecule has 1 heterocycles. The van der Waals surface area contributed by atoms with Gasteiger partial charge in [-0.2, -0.15) is 0 Å². The van der Waals surface area contributed by atoms with Crippen LogP contribution >= 0.6 is 0 Å². The molecule has 1 saturated heterocycles. The second-order valence-electron chi connectivity index (χ2n) is 6.67. The fourth-order valence-corrected chi connectivity index (χ4v) is 3.99. The average Bonchev–Trinajstić information content (AvgIpc) is 2.71. The van der Waals surface area contributed by atoms with Crippen LogP contribution in [-0.2, 0) is 11.2 Å². The Balaban J connectivity index is 1.74. The van der Waals surface area contributed by atoms with Crippen molar-refractivity contribution in [2.24, 2.45) is 0 Å². The van der Waals surface area contributed by atoms with Gasteiger partial charge >= 0.3 is 5.97 Å². The Kier molecular flexibility index (Phi) is 4.79. The molecule has 0 radical (unpaired) electrons. The van der Waals surface area contributed by atoms with Gasteiger partial charge in [0.1, 0.15) is 0 Å². The predicted molar refractivity (Wildman–Crippen MR) is 87.0 cm³/mol. The van der Waals surface area contributed by atoms with E-state index in [4.69, 9.17) is 5.11 Å². The smallest absolute Gasteiger partial charge is 0.317 e. The van der Waals surface area contributed by atoms with E-state index in [0.29, 0.717) is 12.1 Å². The van der Waals surface area contributed by atoms with Crippen LogP contribution in [0.3, 0.4) is 0 Å². The highest BCUT2D eigenvalue weighted by molar-refractivity contribution is 5.69. The number of carbonyl (C=O) groups is 1. The fraction of sp³-hybridized carbons (Fsp3) is 0.611. The van der Waals surface area contributed by atoms with Crippen LogP contribution in [-0.4, -0.2) is 53.1 Å². The molecule has 1 unspecified atom stereocenters. The number of hydrogen-bond donors (Lipinski definition) is 1. The number of nitrogens with zero attached hydrogens (tertiary/aromatic N) is 2. The van der Waals surface area contributed by atoms with E-state index in [1.165, 1.54) is 36.8 Å². The van der Waals surface area contributed by atoms with E-state index in [0.717, 1.165) is 19.6 Å². The van der Waals surface area contributed by atoms with Crippen LogP contribution in [0.2, 0.25) is 0 Å². The van der Waals surface area contributed by atoms with Crippen molar-refractivity contribution < 1.29 is 9.90 Å². The van der Waals surface area contributed by atoms with Crippen LogP contribution in [0.4, 0.5) is 0 Å². The molecule has 120 valence electrons. The Morgan fingerprint density at radius 3 is 2.86 bits per heavy atom. The number of piperazine rings is 1. The van der Waals surface area contributed by atoms with Gasteiger partial charge in [0.2, 0.25) is 0 Å². The topological polar surface area (TPSA) is 43.8 Å². The van der Waals surface area contributed by atoms with E-state index in [1.54, 1.807) is 0 Å². The van der Waals surface area contributed by atoms with Gasteiger partial charge in [-0.25, -0.2) is 0 Å². The van der Waals surface area contributed by atoms with Crippen molar-refractivity contribution in [3.05, 3.63) is 35.4 Å². The van der Waals surface area contributed by atoms with Gasteiger partial charge in [0, 0.05) is 31.7 Å². The fourth-order valence-electron chi connectivity index (χ4n) is 3.99. The van der Waals surface area contributed by atoms with Crippen molar-refractivity contribution in [3.8, 4) is 0 Å². The van der Waals surface area contributed by atoms with Crippen LogP contribution < -0.4 is 0 Å². The molecule has 0 saturated carbocycles. The van der Waals surface area contributed by atoms with E-state index in [-0.39, 0.29) is 6.54 Å². The van der Waals surface area contributed by atoms with Gasteiger partial charge in [-0.15, -0.1) is 0 Å². The first-order valence-corrected chi connectivity index (χ1v) is 8.43. The third-order valence-electron chi connectivity index (χ3n) is 5.16. The first kappa shape index (κ1) is 15.5. The van der Waals surface area contributed by atoms with Gasteiger partial charge in [0.15, 0.2) is 0 Å². The van der Waals surface area contributed by atoms with Gasteiger partial charge in [-0.1, -0.05) is 30.7 Å². The van der Waals surface area contributed by atoms with Crippen molar-refractivity contribution in [1.29, 1.82) is 0 Å². The van der Waals surface area contributed by atoms with Crippen molar-refractivity contribution in [2.45, 2.75) is 44.7 Å². The molecule has 1 aromatic carbocycles. The second kappa shape index (κ2) is 6.80. The zero-order chi connectivity index (χ0) is 15.5. The van der Waals surface area contributed by atoms with Crippen LogP contribution in [0.25, 0.3) is 0 Å². The SMILES string of the molecule is CC1CN([C@@H]2CCCCc3ccccc32)CCN1CC(=O)O. The highest BCUT2D eigenvalue weighted by atomic mass is 16.4. The Hall–Kier alpha value is -1.39. The summed E-state index contributed by atoms with van der Waals surface area (Å²) in [6.07, 6.45) is 4.98. The second-order valence-corrected chi connectivity index (χ2v) is 6.67. The highest BCUT2D eigenvalue weighted by Crippen LogP contribution is 2.34. The molecule has 2 atom stereocenters. The van der Waals surface area contributed by atoms with Gasteiger partial charge in [-0.05, 0) is 37.3 Å². The molecule has 1 N–H and O–H groups in total.